The van der Waals surface area contributed by atoms with Crippen molar-refractivity contribution in [2.75, 3.05) is 5.32 Å². The third-order valence-electron chi connectivity index (χ3n) is 1.33. The van der Waals surface area contributed by atoms with Gasteiger partial charge in [0.15, 0.2) is 5.83 Å². The molecule has 0 spiro atoms. The lowest BCUT2D eigenvalue weighted by atomic mass is 10.3. The van der Waals surface area contributed by atoms with Gasteiger partial charge in [-0.25, -0.2) is 4.39 Å². The van der Waals surface area contributed by atoms with E-state index < -0.39 is 11.7 Å². The van der Waals surface area contributed by atoms with Gasteiger partial charge in [0.2, 0.25) is 0 Å². The SMILES string of the molecule is C=C(F)C(=O)Nc1cccc(I)c1. The van der Waals surface area contributed by atoms with E-state index in [-0.39, 0.29) is 0 Å². The van der Waals surface area contributed by atoms with Gasteiger partial charge < -0.3 is 5.32 Å². The number of amides is 1. The molecule has 0 saturated carbocycles. The second-order valence-electron chi connectivity index (χ2n) is 2.37. The van der Waals surface area contributed by atoms with E-state index in [1.165, 1.54) is 0 Å². The van der Waals surface area contributed by atoms with Crippen LogP contribution in [-0.4, -0.2) is 5.91 Å². The van der Waals surface area contributed by atoms with E-state index in [2.05, 4.69) is 34.5 Å². The molecule has 0 aliphatic carbocycles. The Labute approximate surface area is 89.0 Å². The highest BCUT2D eigenvalue weighted by Crippen LogP contribution is 2.13. The molecule has 0 heterocycles. The molecular formula is C9H7FINO. The summed E-state index contributed by atoms with van der Waals surface area (Å²) in [6.07, 6.45) is 0. The molecule has 68 valence electrons. The van der Waals surface area contributed by atoms with Gasteiger partial charge in [0.25, 0.3) is 5.91 Å². The Kier molecular flexibility index (Phi) is 3.41. The smallest absolute Gasteiger partial charge is 0.283 e. The molecule has 1 rings (SSSR count). The van der Waals surface area contributed by atoms with Crippen LogP contribution in [-0.2, 0) is 4.79 Å². The summed E-state index contributed by atoms with van der Waals surface area (Å²) in [5.74, 6) is -1.79. The largest absolute Gasteiger partial charge is 0.320 e. The summed E-state index contributed by atoms with van der Waals surface area (Å²) in [5, 5.41) is 2.36. The standard InChI is InChI=1S/C9H7FINO/c1-6(10)9(13)12-8-4-2-3-7(11)5-8/h2-5H,1H2,(H,12,13). The first-order valence-electron chi connectivity index (χ1n) is 3.51. The second kappa shape index (κ2) is 4.36. The topological polar surface area (TPSA) is 29.1 Å². The molecule has 0 fully saturated rings. The maximum Gasteiger partial charge on any atom is 0.283 e. The second-order valence-corrected chi connectivity index (χ2v) is 3.62. The van der Waals surface area contributed by atoms with Crippen molar-refractivity contribution in [3.05, 3.63) is 40.2 Å². The summed E-state index contributed by atoms with van der Waals surface area (Å²) in [7, 11) is 0. The molecule has 0 radical (unpaired) electrons. The number of hydrogen-bond donors (Lipinski definition) is 1. The Balaban J connectivity index is 2.75. The van der Waals surface area contributed by atoms with Crippen LogP contribution in [0.2, 0.25) is 0 Å². The predicted molar refractivity (Wildman–Crippen MR) is 58.0 cm³/mol. The molecule has 1 aromatic carbocycles. The van der Waals surface area contributed by atoms with Gasteiger partial charge in [0.1, 0.15) is 0 Å². The molecule has 1 aromatic rings. The van der Waals surface area contributed by atoms with E-state index in [1.54, 1.807) is 18.2 Å². The number of hydrogen-bond acceptors (Lipinski definition) is 1. The minimum Gasteiger partial charge on any atom is -0.320 e. The zero-order valence-electron chi connectivity index (χ0n) is 6.68. The fraction of sp³-hybridized carbons (Fsp3) is 0. The maximum absolute atomic E-state index is 12.3. The summed E-state index contributed by atoms with van der Waals surface area (Å²) in [4.78, 5) is 10.8. The third-order valence-corrected chi connectivity index (χ3v) is 2.00. The van der Waals surface area contributed by atoms with Crippen molar-refractivity contribution in [3.63, 3.8) is 0 Å². The lowest BCUT2D eigenvalue weighted by molar-refractivity contribution is -0.114. The molecule has 0 saturated heterocycles. The van der Waals surface area contributed by atoms with Gasteiger partial charge in [-0.15, -0.1) is 0 Å². The van der Waals surface area contributed by atoms with E-state index in [9.17, 15) is 9.18 Å². The van der Waals surface area contributed by atoms with Crippen LogP contribution < -0.4 is 5.32 Å². The lowest BCUT2D eigenvalue weighted by Gasteiger charge is -2.02. The van der Waals surface area contributed by atoms with Gasteiger partial charge in [-0.1, -0.05) is 12.6 Å². The van der Waals surface area contributed by atoms with Crippen molar-refractivity contribution >= 4 is 34.2 Å². The molecule has 0 unspecified atom stereocenters. The van der Waals surface area contributed by atoms with Crippen LogP contribution in [0.15, 0.2) is 36.7 Å². The van der Waals surface area contributed by atoms with Crippen LogP contribution in [0.4, 0.5) is 10.1 Å². The molecule has 0 bridgehead atoms. The van der Waals surface area contributed by atoms with Crippen molar-refractivity contribution < 1.29 is 9.18 Å². The van der Waals surface area contributed by atoms with Crippen LogP contribution in [0.3, 0.4) is 0 Å². The Morgan fingerprint density at radius 2 is 2.23 bits per heavy atom. The summed E-state index contributed by atoms with van der Waals surface area (Å²) in [6.45, 7) is 2.89. The van der Waals surface area contributed by atoms with E-state index in [4.69, 9.17) is 0 Å². The van der Waals surface area contributed by atoms with Crippen molar-refractivity contribution in [2.24, 2.45) is 0 Å². The van der Waals surface area contributed by atoms with Crippen LogP contribution in [0.25, 0.3) is 0 Å². The molecule has 1 amide bonds. The number of benzene rings is 1. The molecule has 0 aromatic heterocycles. The van der Waals surface area contributed by atoms with Crippen LogP contribution in [0.1, 0.15) is 0 Å². The molecule has 0 atom stereocenters. The van der Waals surface area contributed by atoms with Gasteiger partial charge >= 0.3 is 0 Å². The number of anilines is 1. The number of halogens is 2. The molecule has 0 aliphatic rings. The Hall–Kier alpha value is -0.910. The van der Waals surface area contributed by atoms with Gasteiger partial charge in [-0.2, -0.15) is 0 Å². The Bertz CT molecular complexity index is 351. The highest BCUT2D eigenvalue weighted by molar-refractivity contribution is 14.1. The zero-order chi connectivity index (χ0) is 9.84. The van der Waals surface area contributed by atoms with Gasteiger partial charge in [-0.05, 0) is 40.8 Å². The lowest BCUT2D eigenvalue weighted by Crippen LogP contribution is -2.10. The minimum absolute atomic E-state index is 0.565. The number of carbonyl (C=O) groups is 1. The molecule has 2 nitrogen and oxygen atoms in total. The fourth-order valence-corrected chi connectivity index (χ4v) is 1.31. The van der Waals surface area contributed by atoms with E-state index in [0.29, 0.717) is 5.69 Å². The number of nitrogens with one attached hydrogen (secondary N) is 1. The quantitative estimate of drug-likeness (QED) is 0.659. The number of rotatable bonds is 2. The van der Waals surface area contributed by atoms with Crippen molar-refractivity contribution in [2.45, 2.75) is 0 Å². The average molecular weight is 291 g/mol. The first kappa shape index (κ1) is 10.2. The minimum atomic E-state index is -0.987. The summed E-state index contributed by atoms with van der Waals surface area (Å²) in [5.41, 5.74) is 0.565. The van der Waals surface area contributed by atoms with Crippen molar-refractivity contribution in [1.29, 1.82) is 0 Å². The highest BCUT2D eigenvalue weighted by Gasteiger charge is 2.05. The van der Waals surface area contributed by atoms with Crippen LogP contribution >= 0.6 is 22.6 Å². The summed E-state index contributed by atoms with van der Waals surface area (Å²) >= 11 is 2.10. The Morgan fingerprint density at radius 1 is 1.54 bits per heavy atom. The molecule has 13 heavy (non-hydrogen) atoms. The average Bonchev–Trinajstić information content (AvgIpc) is 2.04. The van der Waals surface area contributed by atoms with Crippen LogP contribution in [0.5, 0.6) is 0 Å². The first-order valence-corrected chi connectivity index (χ1v) is 4.59. The van der Waals surface area contributed by atoms with E-state index in [1.807, 2.05) is 6.07 Å². The molecule has 1 N–H and O–H groups in total. The molecular weight excluding hydrogens is 284 g/mol. The highest BCUT2D eigenvalue weighted by atomic mass is 127. The number of carbonyl (C=O) groups excluding carboxylic acids is 1. The molecule has 4 heteroatoms. The van der Waals surface area contributed by atoms with E-state index >= 15 is 0 Å². The van der Waals surface area contributed by atoms with Crippen molar-refractivity contribution in [3.8, 4) is 0 Å². The summed E-state index contributed by atoms with van der Waals surface area (Å²) in [6, 6.07) is 7.07. The predicted octanol–water partition coefficient (Wildman–Crippen LogP) is 2.71. The maximum atomic E-state index is 12.3. The fourth-order valence-electron chi connectivity index (χ4n) is 0.765. The monoisotopic (exact) mass is 291 g/mol. The van der Waals surface area contributed by atoms with Gasteiger partial charge in [-0.3, -0.25) is 4.79 Å². The zero-order valence-corrected chi connectivity index (χ0v) is 8.84. The van der Waals surface area contributed by atoms with Gasteiger partial charge in [0.05, 0.1) is 0 Å². The van der Waals surface area contributed by atoms with E-state index in [0.717, 1.165) is 3.57 Å². The van der Waals surface area contributed by atoms with Gasteiger partial charge in [0, 0.05) is 9.26 Å². The Morgan fingerprint density at radius 3 is 2.77 bits per heavy atom. The van der Waals surface area contributed by atoms with Crippen LogP contribution in [0, 0.1) is 3.57 Å². The van der Waals surface area contributed by atoms with Crippen molar-refractivity contribution in [1.82, 2.24) is 0 Å². The summed E-state index contributed by atoms with van der Waals surface area (Å²) < 4.78 is 13.2. The first-order chi connectivity index (χ1) is 6.09. The molecule has 0 aliphatic heterocycles. The third kappa shape index (κ3) is 3.14. The normalized spacial score (nSPS) is 9.38.